The van der Waals surface area contributed by atoms with Crippen LogP contribution in [0.25, 0.3) is 0 Å². The first-order valence-corrected chi connectivity index (χ1v) is 6.39. The average molecular weight is 253 g/mol. The van der Waals surface area contributed by atoms with E-state index in [1.807, 2.05) is 6.07 Å². The molecular weight excluding hydrogens is 233 g/mol. The van der Waals surface area contributed by atoms with E-state index >= 15 is 0 Å². The number of aliphatic hydroxyl groups excluding tert-OH is 1. The number of benzene rings is 1. The van der Waals surface area contributed by atoms with Crippen LogP contribution in [0.3, 0.4) is 0 Å². The smallest absolute Gasteiger partial charge is 0.123 e. The number of ether oxygens (including phenoxy) is 1. The summed E-state index contributed by atoms with van der Waals surface area (Å²) in [4.78, 5) is 0. The van der Waals surface area contributed by atoms with Gasteiger partial charge in [-0.3, -0.25) is 0 Å². The molecule has 0 saturated heterocycles. The highest BCUT2D eigenvalue weighted by molar-refractivity contribution is 5.32. The maximum atomic E-state index is 13.3. The molecule has 0 fully saturated rings. The molecule has 0 bridgehead atoms. The van der Waals surface area contributed by atoms with Gasteiger partial charge in [0.1, 0.15) is 5.82 Å². The van der Waals surface area contributed by atoms with E-state index in [4.69, 9.17) is 4.74 Å². The second kappa shape index (κ2) is 6.27. The lowest BCUT2D eigenvalue weighted by Crippen LogP contribution is -2.34. The summed E-state index contributed by atoms with van der Waals surface area (Å²) in [5, 5.41) is 12.9. The van der Waals surface area contributed by atoms with E-state index < -0.39 is 6.10 Å². The van der Waals surface area contributed by atoms with Crippen LogP contribution >= 0.6 is 0 Å². The van der Waals surface area contributed by atoms with E-state index in [9.17, 15) is 9.50 Å². The van der Waals surface area contributed by atoms with Crippen molar-refractivity contribution in [3.05, 3.63) is 35.1 Å². The Hall–Kier alpha value is -0.970. The fourth-order valence-corrected chi connectivity index (χ4v) is 2.51. The van der Waals surface area contributed by atoms with Gasteiger partial charge in [0.2, 0.25) is 0 Å². The number of fused-ring (bicyclic) bond motifs is 1. The lowest BCUT2D eigenvalue weighted by molar-refractivity contribution is 0.0622. The van der Waals surface area contributed by atoms with E-state index in [1.165, 1.54) is 11.6 Å². The summed E-state index contributed by atoms with van der Waals surface area (Å²) in [6.07, 6.45) is 2.57. The van der Waals surface area contributed by atoms with Crippen molar-refractivity contribution in [1.82, 2.24) is 5.32 Å². The molecule has 1 aromatic rings. The van der Waals surface area contributed by atoms with Gasteiger partial charge in [-0.25, -0.2) is 4.39 Å². The Bertz CT molecular complexity index is 397. The summed E-state index contributed by atoms with van der Waals surface area (Å²) in [7, 11) is 1.56. The van der Waals surface area contributed by atoms with Crippen LogP contribution in [0.5, 0.6) is 0 Å². The van der Waals surface area contributed by atoms with Crippen LogP contribution in [-0.4, -0.2) is 31.5 Å². The molecule has 0 aromatic heterocycles. The molecule has 0 spiro atoms. The monoisotopic (exact) mass is 253 g/mol. The highest BCUT2D eigenvalue weighted by Gasteiger charge is 2.20. The molecule has 0 heterocycles. The zero-order chi connectivity index (χ0) is 13.0. The van der Waals surface area contributed by atoms with E-state index in [0.29, 0.717) is 13.2 Å². The van der Waals surface area contributed by atoms with Gasteiger partial charge in [-0.1, -0.05) is 6.07 Å². The largest absolute Gasteiger partial charge is 0.389 e. The molecule has 1 aromatic carbocycles. The van der Waals surface area contributed by atoms with Crippen molar-refractivity contribution in [2.24, 2.45) is 0 Å². The molecule has 0 aliphatic heterocycles. The Morgan fingerprint density at radius 2 is 2.39 bits per heavy atom. The number of rotatable bonds is 5. The molecular formula is C14H20FNO2. The van der Waals surface area contributed by atoms with E-state index in [-0.39, 0.29) is 11.9 Å². The summed E-state index contributed by atoms with van der Waals surface area (Å²) < 4.78 is 18.2. The van der Waals surface area contributed by atoms with Crippen LogP contribution < -0.4 is 5.32 Å². The van der Waals surface area contributed by atoms with Crippen LogP contribution in [-0.2, 0) is 11.2 Å². The van der Waals surface area contributed by atoms with Gasteiger partial charge < -0.3 is 15.2 Å². The summed E-state index contributed by atoms with van der Waals surface area (Å²) in [6.45, 7) is 0.782. The minimum Gasteiger partial charge on any atom is -0.389 e. The van der Waals surface area contributed by atoms with Crippen LogP contribution in [0.15, 0.2) is 18.2 Å². The predicted octanol–water partition coefficient (Wildman–Crippen LogP) is 1.80. The molecule has 2 unspecified atom stereocenters. The highest BCUT2D eigenvalue weighted by Crippen LogP contribution is 2.30. The highest BCUT2D eigenvalue weighted by atomic mass is 19.1. The second-order valence-electron chi connectivity index (χ2n) is 4.81. The van der Waals surface area contributed by atoms with Crippen molar-refractivity contribution >= 4 is 0 Å². The third kappa shape index (κ3) is 3.28. The summed E-state index contributed by atoms with van der Waals surface area (Å²) >= 11 is 0. The number of hydrogen-bond acceptors (Lipinski definition) is 3. The zero-order valence-electron chi connectivity index (χ0n) is 10.7. The van der Waals surface area contributed by atoms with Crippen molar-refractivity contribution in [2.45, 2.75) is 31.4 Å². The van der Waals surface area contributed by atoms with Crippen LogP contribution in [0.4, 0.5) is 4.39 Å². The zero-order valence-corrected chi connectivity index (χ0v) is 10.7. The van der Waals surface area contributed by atoms with Gasteiger partial charge in [0.05, 0.1) is 12.7 Å². The van der Waals surface area contributed by atoms with Crippen molar-refractivity contribution in [1.29, 1.82) is 0 Å². The molecule has 0 radical (unpaired) electrons. The first-order valence-electron chi connectivity index (χ1n) is 6.39. The summed E-state index contributed by atoms with van der Waals surface area (Å²) in [6, 6.07) is 5.12. The Balaban J connectivity index is 2.01. The molecule has 1 aliphatic rings. The number of aliphatic hydroxyl groups is 1. The molecule has 0 saturated carbocycles. The minimum atomic E-state index is -0.520. The van der Waals surface area contributed by atoms with Gasteiger partial charge >= 0.3 is 0 Å². The third-order valence-electron chi connectivity index (χ3n) is 3.38. The molecule has 2 atom stereocenters. The predicted molar refractivity (Wildman–Crippen MR) is 68.0 cm³/mol. The van der Waals surface area contributed by atoms with Gasteiger partial charge in [0.25, 0.3) is 0 Å². The minimum absolute atomic E-state index is 0.135. The molecule has 100 valence electrons. The van der Waals surface area contributed by atoms with Crippen LogP contribution in [0.1, 0.15) is 30.0 Å². The molecule has 18 heavy (non-hydrogen) atoms. The Morgan fingerprint density at radius 1 is 1.56 bits per heavy atom. The fourth-order valence-electron chi connectivity index (χ4n) is 2.51. The van der Waals surface area contributed by atoms with Crippen molar-refractivity contribution in [2.75, 3.05) is 20.3 Å². The van der Waals surface area contributed by atoms with Gasteiger partial charge in [-0.15, -0.1) is 0 Å². The van der Waals surface area contributed by atoms with E-state index in [0.717, 1.165) is 24.8 Å². The SMILES string of the molecule is COCC(O)CNC1CCCc2ccc(F)cc21. The lowest BCUT2D eigenvalue weighted by atomic mass is 9.87. The number of aryl methyl sites for hydroxylation is 1. The summed E-state index contributed by atoms with van der Waals surface area (Å²) in [5.41, 5.74) is 2.24. The summed E-state index contributed by atoms with van der Waals surface area (Å²) in [5.74, 6) is -0.195. The molecule has 4 heteroatoms. The van der Waals surface area contributed by atoms with Gasteiger partial charge in [0, 0.05) is 19.7 Å². The van der Waals surface area contributed by atoms with Crippen LogP contribution in [0.2, 0.25) is 0 Å². The number of nitrogens with one attached hydrogen (secondary N) is 1. The molecule has 2 rings (SSSR count). The third-order valence-corrected chi connectivity index (χ3v) is 3.38. The normalized spacial score (nSPS) is 20.5. The first-order chi connectivity index (χ1) is 8.70. The Labute approximate surface area is 107 Å². The van der Waals surface area contributed by atoms with E-state index in [1.54, 1.807) is 13.2 Å². The molecule has 1 aliphatic carbocycles. The topological polar surface area (TPSA) is 41.5 Å². The number of halogens is 1. The lowest BCUT2D eigenvalue weighted by Gasteiger charge is -2.27. The maximum absolute atomic E-state index is 13.3. The number of methoxy groups -OCH3 is 1. The first kappa shape index (κ1) is 13.5. The Morgan fingerprint density at radius 3 is 3.17 bits per heavy atom. The average Bonchev–Trinajstić information content (AvgIpc) is 2.36. The Kier molecular flexibility index (Phi) is 4.69. The standard InChI is InChI=1S/C14H20FNO2/c1-18-9-12(17)8-16-14-4-2-3-10-5-6-11(15)7-13(10)14/h5-7,12,14,16-17H,2-4,8-9H2,1H3. The van der Waals surface area contributed by atoms with Gasteiger partial charge in [0.15, 0.2) is 0 Å². The van der Waals surface area contributed by atoms with Gasteiger partial charge in [-0.05, 0) is 42.5 Å². The fraction of sp³-hybridized carbons (Fsp3) is 0.571. The van der Waals surface area contributed by atoms with E-state index in [2.05, 4.69) is 5.32 Å². The van der Waals surface area contributed by atoms with Crippen molar-refractivity contribution in [3.8, 4) is 0 Å². The van der Waals surface area contributed by atoms with Crippen LogP contribution in [0, 0.1) is 5.82 Å². The van der Waals surface area contributed by atoms with Gasteiger partial charge in [-0.2, -0.15) is 0 Å². The van der Waals surface area contributed by atoms with Crippen molar-refractivity contribution < 1.29 is 14.2 Å². The second-order valence-corrected chi connectivity index (χ2v) is 4.81. The molecule has 3 nitrogen and oxygen atoms in total. The van der Waals surface area contributed by atoms with Crippen molar-refractivity contribution in [3.63, 3.8) is 0 Å². The molecule has 0 amide bonds. The maximum Gasteiger partial charge on any atom is 0.123 e. The quantitative estimate of drug-likeness (QED) is 0.840. The molecule has 2 N–H and O–H groups in total. The number of hydrogen-bond donors (Lipinski definition) is 2.